The highest BCUT2D eigenvalue weighted by molar-refractivity contribution is 5.99. The van der Waals surface area contributed by atoms with E-state index in [0.717, 1.165) is 6.42 Å². The zero-order valence-corrected chi connectivity index (χ0v) is 11.3. The third-order valence-electron chi connectivity index (χ3n) is 3.73. The van der Waals surface area contributed by atoms with Crippen LogP contribution in [0, 0.1) is 16.0 Å². The summed E-state index contributed by atoms with van der Waals surface area (Å²) in [6.45, 7) is 3.09. The summed E-state index contributed by atoms with van der Waals surface area (Å²) in [7, 11) is 0. The summed E-state index contributed by atoms with van der Waals surface area (Å²) in [5, 5.41) is 10.8. The monoisotopic (exact) mass is 278 g/mol. The first-order valence-electron chi connectivity index (χ1n) is 6.49. The molecule has 7 nitrogen and oxygen atoms in total. The van der Waals surface area contributed by atoms with Crippen LogP contribution < -0.4 is 11.5 Å². The van der Waals surface area contributed by atoms with Crippen molar-refractivity contribution in [2.24, 2.45) is 11.7 Å². The van der Waals surface area contributed by atoms with E-state index in [-0.39, 0.29) is 34.8 Å². The van der Waals surface area contributed by atoms with Gasteiger partial charge in [0.25, 0.3) is 11.6 Å². The molecule has 7 heteroatoms. The number of carbonyl (C=O) groups is 1. The molecular formula is C13H18N4O3. The molecule has 20 heavy (non-hydrogen) atoms. The minimum atomic E-state index is -0.537. The molecule has 0 radical (unpaired) electrons. The molecular weight excluding hydrogens is 260 g/mol. The number of likely N-dealkylation sites (tertiary alicyclic amines) is 1. The fourth-order valence-corrected chi connectivity index (χ4v) is 2.41. The van der Waals surface area contributed by atoms with Crippen LogP contribution in [-0.4, -0.2) is 34.9 Å². The zero-order chi connectivity index (χ0) is 14.9. The van der Waals surface area contributed by atoms with Crippen molar-refractivity contribution in [3.05, 3.63) is 33.9 Å². The molecule has 1 aromatic rings. The van der Waals surface area contributed by atoms with E-state index >= 15 is 0 Å². The van der Waals surface area contributed by atoms with Gasteiger partial charge in [-0.3, -0.25) is 14.9 Å². The van der Waals surface area contributed by atoms with Crippen LogP contribution in [-0.2, 0) is 0 Å². The van der Waals surface area contributed by atoms with E-state index in [2.05, 4.69) is 0 Å². The third-order valence-corrected chi connectivity index (χ3v) is 3.73. The molecule has 108 valence electrons. The van der Waals surface area contributed by atoms with E-state index in [1.807, 2.05) is 6.92 Å². The number of nitrogens with two attached hydrogens (primary N) is 2. The van der Waals surface area contributed by atoms with Gasteiger partial charge in [-0.15, -0.1) is 0 Å². The number of nitro benzene ring substituents is 1. The number of anilines is 1. The van der Waals surface area contributed by atoms with E-state index in [1.54, 1.807) is 4.90 Å². The molecule has 4 N–H and O–H groups in total. The summed E-state index contributed by atoms with van der Waals surface area (Å²) in [6.07, 6.45) is 0.845. The standard InChI is InChI=1S/C13H18N4O3/c1-8(14)9-4-5-16(7-9)13(18)11-6-10(17(19)20)2-3-12(11)15/h2-3,6,8-9H,4-5,7,14-15H2,1H3. The molecule has 1 heterocycles. The molecule has 1 amide bonds. The smallest absolute Gasteiger partial charge is 0.270 e. The quantitative estimate of drug-likeness (QED) is 0.486. The number of carbonyl (C=O) groups excluding carboxylic acids is 1. The van der Waals surface area contributed by atoms with Crippen molar-refractivity contribution in [2.75, 3.05) is 18.8 Å². The Bertz CT molecular complexity index is 544. The molecule has 1 aromatic carbocycles. The van der Waals surface area contributed by atoms with Crippen molar-refractivity contribution < 1.29 is 9.72 Å². The Labute approximate surface area is 116 Å². The lowest BCUT2D eigenvalue weighted by Crippen LogP contribution is -2.33. The maximum Gasteiger partial charge on any atom is 0.270 e. The second-order valence-corrected chi connectivity index (χ2v) is 5.19. The highest BCUT2D eigenvalue weighted by Crippen LogP contribution is 2.25. The molecule has 1 aliphatic rings. The fourth-order valence-electron chi connectivity index (χ4n) is 2.41. The lowest BCUT2D eigenvalue weighted by Gasteiger charge is -2.18. The Morgan fingerprint density at radius 2 is 2.25 bits per heavy atom. The minimum absolute atomic E-state index is 0.0234. The average Bonchev–Trinajstić information content (AvgIpc) is 2.88. The maximum absolute atomic E-state index is 12.4. The highest BCUT2D eigenvalue weighted by Gasteiger charge is 2.30. The van der Waals surface area contributed by atoms with Gasteiger partial charge in [0.15, 0.2) is 0 Å². The number of amides is 1. The van der Waals surface area contributed by atoms with Crippen molar-refractivity contribution in [1.29, 1.82) is 0 Å². The lowest BCUT2D eigenvalue weighted by atomic mass is 10.0. The van der Waals surface area contributed by atoms with Crippen LogP contribution in [0.15, 0.2) is 18.2 Å². The molecule has 0 spiro atoms. The van der Waals surface area contributed by atoms with Gasteiger partial charge in [-0.05, 0) is 25.3 Å². The number of hydrogen-bond acceptors (Lipinski definition) is 5. The SMILES string of the molecule is CC(N)C1CCN(C(=O)c2cc([N+](=O)[O-])ccc2N)C1. The molecule has 0 saturated carbocycles. The van der Waals surface area contributed by atoms with Crippen molar-refractivity contribution in [2.45, 2.75) is 19.4 Å². The highest BCUT2D eigenvalue weighted by atomic mass is 16.6. The molecule has 0 aliphatic carbocycles. The molecule has 2 rings (SSSR count). The van der Waals surface area contributed by atoms with Gasteiger partial charge in [0.2, 0.25) is 0 Å². The van der Waals surface area contributed by atoms with E-state index in [4.69, 9.17) is 11.5 Å². The summed E-state index contributed by atoms with van der Waals surface area (Å²) in [6, 6.07) is 3.94. The van der Waals surface area contributed by atoms with Gasteiger partial charge in [-0.2, -0.15) is 0 Å². The molecule has 0 aromatic heterocycles. The molecule has 2 atom stereocenters. The summed E-state index contributed by atoms with van der Waals surface area (Å²) in [5.74, 6) is -0.00628. The topological polar surface area (TPSA) is 115 Å². The zero-order valence-electron chi connectivity index (χ0n) is 11.3. The van der Waals surface area contributed by atoms with Crippen LogP contribution in [0.25, 0.3) is 0 Å². The molecule has 2 unspecified atom stereocenters. The van der Waals surface area contributed by atoms with Crippen LogP contribution in [0.3, 0.4) is 0 Å². The Hall–Kier alpha value is -2.15. The van der Waals surface area contributed by atoms with Gasteiger partial charge in [0.05, 0.1) is 10.5 Å². The number of nitrogen functional groups attached to an aromatic ring is 1. The van der Waals surface area contributed by atoms with Crippen LogP contribution in [0.1, 0.15) is 23.7 Å². The number of rotatable bonds is 3. The van der Waals surface area contributed by atoms with Gasteiger partial charge in [-0.25, -0.2) is 0 Å². The van der Waals surface area contributed by atoms with E-state index in [9.17, 15) is 14.9 Å². The number of nitrogens with zero attached hydrogens (tertiary/aromatic N) is 2. The van der Waals surface area contributed by atoms with Crippen molar-refractivity contribution in [1.82, 2.24) is 4.90 Å². The number of hydrogen-bond donors (Lipinski definition) is 2. The predicted octanol–water partition coefficient (Wildman–Crippen LogP) is 0.986. The lowest BCUT2D eigenvalue weighted by molar-refractivity contribution is -0.384. The molecule has 1 aliphatic heterocycles. The number of nitro groups is 1. The van der Waals surface area contributed by atoms with Crippen molar-refractivity contribution >= 4 is 17.3 Å². The summed E-state index contributed by atoms with van der Waals surface area (Å²) >= 11 is 0. The summed E-state index contributed by atoms with van der Waals surface area (Å²) < 4.78 is 0. The first kappa shape index (κ1) is 14.3. The van der Waals surface area contributed by atoms with Gasteiger partial charge in [0, 0.05) is 37.0 Å². The van der Waals surface area contributed by atoms with Crippen molar-refractivity contribution in [3.63, 3.8) is 0 Å². The second-order valence-electron chi connectivity index (χ2n) is 5.19. The van der Waals surface area contributed by atoms with E-state index < -0.39 is 4.92 Å². The maximum atomic E-state index is 12.4. The molecule has 1 saturated heterocycles. The fraction of sp³-hybridized carbons (Fsp3) is 0.462. The minimum Gasteiger partial charge on any atom is -0.398 e. The Kier molecular flexibility index (Phi) is 3.89. The summed E-state index contributed by atoms with van der Waals surface area (Å²) in [5.41, 5.74) is 11.9. The van der Waals surface area contributed by atoms with E-state index in [0.29, 0.717) is 13.1 Å². The normalized spacial score (nSPS) is 19.9. The van der Waals surface area contributed by atoms with Crippen LogP contribution in [0.5, 0.6) is 0 Å². The van der Waals surface area contributed by atoms with Gasteiger partial charge in [-0.1, -0.05) is 0 Å². The Morgan fingerprint density at radius 3 is 2.80 bits per heavy atom. The van der Waals surface area contributed by atoms with Crippen LogP contribution in [0.2, 0.25) is 0 Å². The number of non-ortho nitro benzene ring substituents is 1. The molecule has 0 bridgehead atoms. The summed E-state index contributed by atoms with van der Waals surface area (Å²) in [4.78, 5) is 24.3. The largest absolute Gasteiger partial charge is 0.398 e. The average molecular weight is 278 g/mol. The Morgan fingerprint density at radius 1 is 1.55 bits per heavy atom. The third kappa shape index (κ3) is 2.72. The molecule has 1 fully saturated rings. The van der Waals surface area contributed by atoms with Gasteiger partial charge >= 0.3 is 0 Å². The first-order valence-corrected chi connectivity index (χ1v) is 6.49. The number of benzene rings is 1. The predicted molar refractivity (Wildman–Crippen MR) is 75.2 cm³/mol. The van der Waals surface area contributed by atoms with Gasteiger partial charge < -0.3 is 16.4 Å². The van der Waals surface area contributed by atoms with Crippen molar-refractivity contribution in [3.8, 4) is 0 Å². The Balaban J connectivity index is 2.21. The van der Waals surface area contributed by atoms with E-state index in [1.165, 1.54) is 18.2 Å². The van der Waals surface area contributed by atoms with Gasteiger partial charge in [0.1, 0.15) is 0 Å². The van der Waals surface area contributed by atoms with Crippen LogP contribution in [0.4, 0.5) is 11.4 Å². The van der Waals surface area contributed by atoms with Crippen LogP contribution >= 0.6 is 0 Å². The second kappa shape index (κ2) is 5.46. The first-order chi connectivity index (χ1) is 9.40.